The summed E-state index contributed by atoms with van der Waals surface area (Å²) in [7, 11) is 0. The van der Waals surface area contributed by atoms with Gasteiger partial charge in [-0.2, -0.15) is 5.26 Å². The van der Waals surface area contributed by atoms with Crippen molar-refractivity contribution < 1.29 is 40.4 Å². The van der Waals surface area contributed by atoms with Crippen LogP contribution in [0.5, 0.6) is 5.75 Å². The molecule has 0 saturated heterocycles. The SMILES string of the molecule is CCCCCCCCCCCCO[O][Sn][c]1c(F)c(F)c(C(=O)Nc2cc(O)c(NC(=O)C(C#N)=C3CCCCC3)cc2Cl)c(F)c1F. The molecule has 1 fully saturated rings. The van der Waals surface area contributed by atoms with Crippen LogP contribution in [0.3, 0.4) is 0 Å². The van der Waals surface area contributed by atoms with Crippen LogP contribution < -0.4 is 14.2 Å². The van der Waals surface area contributed by atoms with E-state index in [1.807, 2.05) is 11.4 Å². The Kier molecular flexibility index (Phi) is 17.0. The summed E-state index contributed by atoms with van der Waals surface area (Å²) in [6.45, 7) is 2.35. The van der Waals surface area contributed by atoms with Gasteiger partial charge < -0.3 is 0 Å². The van der Waals surface area contributed by atoms with Crippen molar-refractivity contribution in [3.05, 3.63) is 57.1 Å². The van der Waals surface area contributed by atoms with Gasteiger partial charge in [-0.1, -0.05) is 19.8 Å². The fourth-order valence-corrected chi connectivity index (χ4v) is 7.32. The molecule has 1 aliphatic rings. The number of hydrogen-bond acceptors (Lipinski definition) is 6. The number of carbonyl (C=O) groups excluding carboxylic acids is 2. The van der Waals surface area contributed by atoms with Crippen LogP contribution in [0.2, 0.25) is 5.02 Å². The Morgan fingerprint density at radius 2 is 1.46 bits per heavy atom. The number of anilines is 2. The quantitative estimate of drug-likeness (QED) is 0.0160. The van der Waals surface area contributed by atoms with Crippen molar-refractivity contribution in [2.45, 2.75) is 103 Å². The van der Waals surface area contributed by atoms with Gasteiger partial charge in [0.1, 0.15) is 11.6 Å². The van der Waals surface area contributed by atoms with Crippen LogP contribution in [0, 0.1) is 34.6 Å². The number of unbranched alkanes of at least 4 members (excludes halogenated alkanes) is 9. The molecule has 0 unspecified atom stereocenters. The number of allylic oxidation sites excluding steroid dienone is 1. The summed E-state index contributed by atoms with van der Waals surface area (Å²) < 4.78 is 63.4. The van der Waals surface area contributed by atoms with E-state index in [9.17, 15) is 37.5 Å². The van der Waals surface area contributed by atoms with Crippen molar-refractivity contribution in [3.63, 3.8) is 0 Å². The van der Waals surface area contributed by atoms with E-state index in [0.29, 0.717) is 24.8 Å². The second-order valence-electron chi connectivity index (χ2n) is 11.6. The van der Waals surface area contributed by atoms with E-state index in [4.69, 9.17) is 19.7 Å². The van der Waals surface area contributed by atoms with E-state index in [2.05, 4.69) is 12.2 Å². The van der Waals surface area contributed by atoms with Gasteiger partial charge in [-0.05, 0) is 31.3 Å². The van der Waals surface area contributed by atoms with E-state index in [1.165, 1.54) is 38.5 Å². The molecule has 260 valence electrons. The Labute approximate surface area is 293 Å². The van der Waals surface area contributed by atoms with E-state index >= 15 is 0 Å². The minimum atomic E-state index is -2.73. The second-order valence-corrected chi connectivity index (χ2v) is 14.5. The first-order chi connectivity index (χ1) is 23.1. The standard InChI is InChI=1S/C22H15ClF4N3O3.C12H26O2.Sn/c23-12-6-16(30-21(32)11(9-28)10-4-2-1-3-5-10)17(31)8-15(12)29-22(33)18-19(26)13(24)7-14(25)20(18)27;1-2-3-4-5-6-7-8-9-10-11-12-14-13;/h6,8,31H,1-5H2,(H,29,33)(H,30,32);13H,2-12H2,1H3;/q;;+1/p-1. The molecule has 3 rings (SSSR count). The van der Waals surface area contributed by atoms with Crippen LogP contribution >= 0.6 is 11.6 Å². The first-order valence-electron chi connectivity index (χ1n) is 16.3. The molecule has 0 aliphatic heterocycles. The molecular weight excluding hydrogens is 761 g/mol. The van der Waals surface area contributed by atoms with Gasteiger partial charge in [-0.25, -0.2) is 0 Å². The topological polar surface area (TPSA) is 121 Å². The van der Waals surface area contributed by atoms with Crippen LogP contribution in [-0.4, -0.2) is 45.1 Å². The summed E-state index contributed by atoms with van der Waals surface area (Å²) in [6.07, 6.45) is 15.0. The number of halogens is 5. The zero-order valence-electron chi connectivity index (χ0n) is 26.9. The molecule has 0 aromatic heterocycles. The van der Waals surface area contributed by atoms with Gasteiger partial charge in [0.15, 0.2) is 0 Å². The van der Waals surface area contributed by atoms with Gasteiger partial charge in [0.2, 0.25) is 0 Å². The molecule has 2 aromatic rings. The van der Waals surface area contributed by atoms with Crippen molar-refractivity contribution >= 4 is 59.9 Å². The number of phenols is 1. The number of amides is 2. The van der Waals surface area contributed by atoms with Gasteiger partial charge in [0.05, 0.1) is 0 Å². The van der Waals surface area contributed by atoms with Gasteiger partial charge >= 0.3 is 222 Å². The molecule has 14 heteroatoms. The van der Waals surface area contributed by atoms with Gasteiger partial charge in [-0.15, -0.1) is 0 Å². The molecule has 3 N–H and O–H groups in total. The van der Waals surface area contributed by atoms with Crippen molar-refractivity contribution in [2.75, 3.05) is 17.2 Å². The van der Waals surface area contributed by atoms with Crippen LogP contribution in [0.4, 0.5) is 28.9 Å². The number of hydrogen-bond donors (Lipinski definition) is 3. The summed E-state index contributed by atoms with van der Waals surface area (Å²) >= 11 is 3.45. The number of aromatic hydroxyl groups is 1. The molecule has 0 bridgehead atoms. The maximum absolute atomic E-state index is 14.9. The Balaban J connectivity index is 1.56. The Morgan fingerprint density at radius 1 is 0.875 bits per heavy atom. The molecule has 2 radical (unpaired) electrons. The third-order valence-electron chi connectivity index (χ3n) is 8.01. The summed E-state index contributed by atoms with van der Waals surface area (Å²) in [4.78, 5) is 30.5. The third-order valence-corrected chi connectivity index (χ3v) is 10.7. The first kappa shape index (κ1) is 39.6. The number of nitriles is 1. The summed E-state index contributed by atoms with van der Waals surface area (Å²) in [5.41, 5.74) is -1.47. The number of benzene rings is 2. The number of phenolic OH excluding ortho intramolecular Hbond substituents is 1. The number of carbonyl (C=O) groups is 2. The number of rotatable bonds is 18. The second kappa shape index (κ2) is 20.6. The fraction of sp³-hybridized carbons (Fsp3) is 0.500. The zero-order chi connectivity index (χ0) is 35.1. The van der Waals surface area contributed by atoms with E-state index in [0.717, 1.165) is 50.7 Å². The number of nitrogens with one attached hydrogen (secondary N) is 2. The third kappa shape index (κ3) is 11.4. The molecular formula is C34H40ClF4N3O5Sn. The van der Waals surface area contributed by atoms with E-state index < -0.39 is 71.5 Å². The summed E-state index contributed by atoms with van der Waals surface area (Å²) in [5.74, 6) is -10.3. The zero-order valence-corrected chi connectivity index (χ0v) is 30.5. The molecule has 8 nitrogen and oxygen atoms in total. The van der Waals surface area contributed by atoms with Crippen LogP contribution in [0.15, 0.2) is 23.3 Å². The van der Waals surface area contributed by atoms with Crippen molar-refractivity contribution in [1.29, 1.82) is 5.26 Å². The molecule has 0 spiro atoms. The molecule has 0 atom stereocenters. The predicted molar refractivity (Wildman–Crippen MR) is 176 cm³/mol. The van der Waals surface area contributed by atoms with Crippen molar-refractivity contribution in [2.24, 2.45) is 0 Å². The minimum absolute atomic E-state index is 0.0733. The normalized spacial score (nSPS) is 12.9. The summed E-state index contributed by atoms with van der Waals surface area (Å²) in [5, 5.41) is 24.1. The predicted octanol–water partition coefficient (Wildman–Crippen LogP) is 8.69. The van der Waals surface area contributed by atoms with Gasteiger partial charge in [0.25, 0.3) is 0 Å². The van der Waals surface area contributed by atoms with Crippen LogP contribution in [0.25, 0.3) is 0 Å². The monoisotopic (exact) mass is 801 g/mol. The number of nitrogens with zero attached hydrogens (tertiary/aromatic N) is 1. The van der Waals surface area contributed by atoms with Crippen molar-refractivity contribution in [1.82, 2.24) is 0 Å². The molecule has 2 amide bonds. The molecule has 1 saturated carbocycles. The first-order valence-corrected chi connectivity index (χ1v) is 19.2. The molecule has 1 aliphatic carbocycles. The Bertz CT molecular complexity index is 1480. The van der Waals surface area contributed by atoms with Gasteiger partial charge in [0, 0.05) is 0 Å². The fourth-order valence-electron chi connectivity index (χ4n) is 5.33. The van der Waals surface area contributed by atoms with Crippen molar-refractivity contribution in [3.8, 4) is 11.8 Å². The molecule has 0 heterocycles. The Morgan fingerprint density at radius 3 is 2.04 bits per heavy atom. The maximum atomic E-state index is 14.9. The molecule has 2 aromatic carbocycles. The van der Waals surface area contributed by atoms with E-state index in [1.54, 1.807) is 0 Å². The average molecular weight is 801 g/mol. The average Bonchev–Trinajstić information content (AvgIpc) is 3.07. The Hall–Kier alpha value is -2.86. The van der Waals surface area contributed by atoms with Crippen LogP contribution in [-0.2, 0) is 12.9 Å². The van der Waals surface area contributed by atoms with E-state index in [-0.39, 0.29) is 28.6 Å². The molecule has 48 heavy (non-hydrogen) atoms. The summed E-state index contributed by atoms with van der Waals surface area (Å²) in [6, 6.07) is 3.81. The van der Waals surface area contributed by atoms with Gasteiger partial charge in [-0.3, -0.25) is 4.79 Å². The van der Waals surface area contributed by atoms with Crippen LogP contribution in [0.1, 0.15) is 114 Å².